The standard InChI is InChI=1S/2C10H20N2O2/c2*1-9(13)8-10(14)12-7-5-3-4-6-11-2/h2*11H,3-8H2,1-2H3,(H,12,14). The van der Waals surface area contributed by atoms with Crippen LogP contribution in [0.15, 0.2) is 0 Å². The molecule has 0 aliphatic heterocycles. The third-order valence-electron chi connectivity index (χ3n) is 3.67. The maximum Gasteiger partial charge on any atom is 0.227 e. The van der Waals surface area contributed by atoms with Crippen LogP contribution in [-0.4, -0.2) is 63.7 Å². The number of carbonyl (C=O) groups excluding carboxylic acids is 4. The van der Waals surface area contributed by atoms with Crippen LogP contribution < -0.4 is 21.3 Å². The average molecular weight is 401 g/mol. The molecule has 0 saturated carbocycles. The Morgan fingerprint density at radius 3 is 1.14 bits per heavy atom. The van der Waals surface area contributed by atoms with E-state index in [4.69, 9.17) is 0 Å². The second-order valence-corrected chi connectivity index (χ2v) is 6.79. The molecule has 28 heavy (non-hydrogen) atoms. The maximum atomic E-state index is 11.0. The first-order chi connectivity index (χ1) is 13.3. The summed E-state index contributed by atoms with van der Waals surface area (Å²) in [5, 5.41) is 11.5. The molecule has 4 N–H and O–H groups in total. The summed E-state index contributed by atoms with van der Waals surface area (Å²) in [6.45, 7) is 6.23. The summed E-state index contributed by atoms with van der Waals surface area (Å²) in [4.78, 5) is 43.1. The quantitative estimate of drug-likeness (QED) is 0.226. The van der Waals surface area contributed by atoms with Crippen molar-refractivity contribution in [1.82, 2.24) is 21.3 Å². The Balaban J connectivity index is 0. The highest BCUT2D eigenvalue weighted by Crippen LogP contribution is 1.93. The summed E-state index contributed by atoms with van der Waals surface area (Å²) in [5.74, 6) is -0.493. The van der Waals surface area contributed by atoms with Gasteiger partial charge in [0.25, 0.3) is 0 Å². The van der Waals surface area contributed by atoms with E-state index in [0.29, 0.717) is 13.1 Å². The molecule has 0 aliphatic rings. The topological polar surface area (TPSA) is 116 Å². The fraction of sp³-hybridized carbons (Fsp3) is 0.800. The van der Waals surface area contributed by atoms with Crippen molar-refractivity contribution >= 4 is 23.4 Å². The molecule has 0 aliphatic carbocycles. The van der Waals surface area contributed by atoms with Crippen LogP contribution in [0, 0.1) is 0 Å². The van der Waals surface area contributed by atoms with Gasteiger partial charge in [0.1, 0.15) is 11.6 Å². The Morgan fingerprint density at radius 1 is 0.536 bits per heavy atom. The SMILES string of the molecule is CNCCCCCNC(=O)CC(C)=O.CNCCCCCNC(=O)CC(C)=O. The smallest absolute Gasteiger partial charge is 0.227 e. The zero-order valence-electron chi connectivity index (χ0n) is 18.1. The number of Topliss-reactive ketones (excluding diaryl/α,β-unsaturated/α-hetero) is 2. The molecule has 0 atom stereocenters. The number of unbranched alkanes of at least 4 members (excludes halogenated alkanes) is 4. The Bertz CT molecular complexity index is 402. The second kappa shape index (κ2) is 21.5. The summed E-state index contributed by atoms with van der Waals surface area (Å²) < 4.78 is 0. The van der Waals surface area contributed by atoms with E-state index in [1.165, 1.54) is 13.8 Å². The lowest BCUT2D eigenvalue weighted by atomic mass is 10.2. The summed E-state index contributed by atoms with van der Waals surface area (Å²) in [5.41, 5.74) is 0. The Labute approximate surface area is 170 Å². The lowest BCUT2D eigenvalue weighted by Crippen LogP contribution is -2.26. The maximum absolute atomic E-state index is 11.0. The van der Waals surface area contributed by atoms with Crippen molar-refractivity contribution in [2.24, 2.45) is 0 Å². The van der Waals surface area contributed by atoms with Crippen molar-refractivity contribution in [1.29, 1.82) is 0 Å². The minimum Gasteiger partial charge on any atom is -0.356 e. The minimum atomic E-state index is -0.161. The monoisotopic (exact) mass is 400 g/mol. The van der Waals surface area contributed by atoms with E-state index in [1.807, 2.05) is 14.1 Å². The lowest BCUT2D eigenvalue weighted by Gasteiger charge is -2.03. The first kappa shape index (κ1) is 28.4. The van der Waals surface area contributed by atoms with Crippen molar-refractivity contribution in [3.8, 4) is 0 Å². The van der Waals surface area contributed by atoms with Crippen LogP contribution in [-0.2, 0) is 19.2 Å². The summed E-state index contributed by atoms with van der Waals surface area (Å²) >= 11 is 0. The van der Waals surface area contributed by atoms with Crippen molar-refractivity contribution in [2.45, 2.75) is 65.2 Å². The van der Waals surface area contributed by atoms with E-state index in [1.54, 1.807) is 0 Å². The van der Waals surface area contributed by atoms with E-state index >= 15 is 0 Å². The molecule has 0 fully saturated rings. The predicted octanol–water partition coefficient (Wildman–Crippen LogP) is 0.943. The normalized spacial score (nSPS) is 9.86. The molecule has 164 valence electrons. The number of rotatable bonds is 16. The van der Waals surface area contributed by atoms with Crippen LogP contribution in [0.3, 0.4) is 0 Å². The molecular weight excluding hydrogens is 360 g/mol. The van der Waals surface area contributed by atoms with Gasteiger partial charge in [-0.3, -0.25) is 19.2 Å². The van der Waals surface area contributed by atoms with Gasteiger partial charge in [-0.2, -0.15) is 0 Å². The number of ketones is 2. The van der Waals surface area contributed by atoms with Crippen LogP contribution >= 0.6 is 0 Å². The van der Waals surface area contributed by atoms with Crippen LogP contribution in [0.5, 0.6) is 0 Å². The highest BCUT2D eigenvalue weighted by Gasteiger charge is 2.03. The molecule has 0 aromatic heterocycles. The van der Waals surface area contributed by atoms with E-state index < -0.39 is 0 Å². The highest BCUT2D eigenvalue weighted by molar-refractivity contribution is 5.97. The first-order valence-corrected chi connectivity index (χ1v) is 10.1. The number of carbonyl (C=O) groups is 4. The zero-order chi connectivity index (χ0) is 21.6. The number of hydrogen-bond donors (Lipinski definition) is 4. The average Bonchev–Trinajstić information content (AvgIpc) is 2.60. The summed E-state index contributed by atoms with van der Waals surface area (Å²) in [7, 11) is 3.85. The highest BCUT2D eigenvalue weighted by atomic mass is 16.2. The minimum absolute atomic E-state index is 0.0104. The van der Waals surface area contributed by atoms with Gasteiger partial charge < -0.3 is 21.3 Å². The Hall–Kier alpha value is -1.80. The molecule has 0 rings (SSSR count). The molecule has 0 radical (unpaired) electrons. The predicted molar refractivity (Wildman–Crippen MR) is 112 cm³/mol. The summed E-state index contributed by atoms with van der Waals surface area (Å²) in [6, 6.07) is 0. The van der Waals surface area contributed by atoms with Crippen LogP contribution in [0.4, 0.5) is 0 Å². The molecule has 8 nitrogen and oxygen atoms in total. The van der Waals surface area contributed by atoms with Crippen molar-refractivity contribution < 1.29 is 19.2 Å². The van der Waals surface area contributed by atoms with Gasteiger partial charge in [-0.1, -0.05) is 12.8 Å². The van der Waals surface area contributed by atoms with Gasteiger partial charge in [-0.15, -0.1) is 0 Å². The molecule has 0 unspecified atom stereocenters. The molecule has 2 amide bonds. The van der Waals surface area contributed by atoms with Gasteiger partial charge >= 0.3 is 0 Å². The van der Waals surface area contributed by atoms with Crippen molar-refractivity contribution in [3.05, 3.63) is 0 Å². The molecule has 0 spiro atoms. The van der Waals surface area contributed by atoms with Crippen LogP contribution in [0.1, 0.15) is 65.2 Å². The van der Waals surface area contributed by atoms with Crippen LogP contribution in [0.25, 0.3) is 0 Å². The van der Waals surface area contributed by atoms with E-state index in [9.17, 15) is 19.2 Å². The summed E-state index contributed by atoms with van der Waals surface area (Å²) in [6.07, 6.45) is 6.42. The van der Waals surface area contributed by atoms with E-state index in [0.717, 1.165) is 51.6 Å². The fourth-order valence-electron chi connectivity index (χ4n) is 2.24. The van der Waals surface area contributed by atoms with Gasteiger partial charge in [-0.25, -0.2) is 0 Å². The second-order valence-electron chi connectivity index (χ2n) is 6.79. The fourth-order valence-corrected chi connectivity index (χ4v) is 2.24. The van der Waals surface area contributed by atoms with Crippen molar-refractivity contribution in [3.63, 3.8) is 0 Å². The van der Waals surface area contributed by atoms with Gasteiger partial charge in [0, 0.05) is 13.1 Å². The largest absolute Gasteiger partial charge is 0.356 e. The van der Waals surface area contributed by atoms with Gasteiger partial charge in [0.2, 0.25) is 11.8 Å². The molecule has 0 aromatic carbocycles. The zero-order valence-corrected chi connectivity index (χ0v) is 18.1. The third kappa shape index (κ3) is 26.4. The molecule has 0 heterocycles. The molecular formula is C20H40N4O4. The van der Waals surface area contributed by atoms with Crippen LogP contribution in [0.2, 0.25) is 0 Å². The lowest BCUT2D eigenvalue weighted by molar-refractivity contribution is -0.128. The van der Waals surface area contributed by atoms with E-state index in [-0.39, 0.29) is 36.2 Å². The molecule has 0 saturated heterocycles. The van der Waals surface area contributed by atoms with Gasteiger partial charge in [-0.05, 0) is 66.7 Å². The Morgan fingerprint density at radius 2 is 0.857 bits per heavy atom. The Kier molecular flexibility index (Phi) is 21.8. The molecule has 8 heteroatoms. The number of amides is 2. The van der Waals surface area contributed by atoms with Gasteiger partial charge in [0.15, 0.2) is 0 Å². The van der Waals surface area contributed by atoms with E-state index in [2.05, 4.69) is 21.3 Å². The molecule has 0 aromatic rings. The van der Waals surface area contributed by atoms with Gasteiger partial charge in [0.05, 0.1) is 12.8 Å². The number of hydrogen-bond acceptors (Lipinski definition) is 6. The third-order valence-corrected chi connectivity index (χ3v) is 3.67. The molecule has 0 bridgehead atoms. The first-order valence-electron chi connectivity index (χ1n) is 10.1. The number of nitrogens with one attached hydrogen (secondary N) is 4. The van der Waals surface area contributed by atoms with Crippen molar-refractivity contribution in [2.75, 3.05) is 40.3 Å².